The van der Waals surface area contributed by atoms with Crippen LogP contribution in [0.4, 0.5) is 5.69 Å². The van der Waals surface area contributed by atoms with Crippen LogP contribution in [0.3, 0.4) is 0 Å². The second-order valence-corrected chi connectivity index (χ2v) is 9.60. The van der Waals surface area contributed by atoms with Gasteiger partial charge in [-0.3, -0.25) is 4.79 Å². The molecule has 0 spiro atoms. The number of aromatic nitrogens is 2. The van der Waals surface area contributed by atoms with Crippen LogP contribution in [0.25, 0.3) is 0 Å². The van der Waals surface area contributed by atoms with Crippen molar-refractivity contribution in [3.05, 3.63) is 64.8 Å². The van der Waals surface area contributed by atoms with Crippen molar-refractivity contribution in [3.63, 3.8) is 0 Å². The number of likely N-dealkylation sites (N-methyl/N-ethyl adjacent to an activating group) is 1. The molecule has 1 fully saturated rings. The molecule has 172 valence electrons. The molecule has 3 rings (SSSR count). The maximum Gasteiger partial charge on any atom is 0.248 e. The topological polar surface area (TPSA) is 58.1 Å². The summed E-state index contributed by atoms with van der Waals surface area (Å²) >= 11 is 0. The molecule has 0 aliphatic heterocycles. The predicted octanol–water partition coefficient (Wildman–Crippen LogP) is 5.05. The van der Waals surface area contributed by atoms with Crippen molar-refractivity contribution >= 4 is 11.6 Å². The summed E-state index contributed by atoms with van der Waals surface area (Å²) in [6.45, 7) is 7.02. The van der Waals surface area contributed by atoms with E-state index in [1.165, 1.54) is 36.8 Å². The summed E-state index contributed by atoms with van der Waals surface area (Å²) in [5.74, 6) is 2.25. The molecule has 1 aromatic carbocycles. The van der Waals surface area contributed by atoms with E-state index in [0.717, 1.165) is 42.3 Å². The molecule has 0 bridgehead atoms. The smallest absolute Gasteiger partial charge is 0.248 e. The Kier molecular flexibility index (Phi) is 8.57. The molecule has 1 aliphatic rings. The van der Waals surface area contributed by atoms with Gasteiger partial charge in [0.05, 0.1) is 0 Å². The number of aryl methyl sites for hydroxylation is 2. The van der Waals surface area contributed by atoms with E-state index >= 15 is 0 Å². The van der Waals surface area contributed by atoms with Crippen LogP contribution in [0.15, 0.2) is 36.4 Å². The summed E-state index contributed by atoms with van der Waals surface area (Å²) in [6, 6.07) is 8.30. The highest BCUT2D eigenvalue weighted by Crippen LogP contribution is 2.33. The van der Waals surface area contributed by atoms with Gasteiger partial charge in [-0.15, -0.1) is 0 Å². The number of rotatable bonds is 8. The van der Waals surface area contributed by atoms with E-state index in [2.05, 4.69) is 38.2 Å². The minimum atomic E-state index is -0.0783. The van der Waals surface area contributed by atoms with E-state index in [1.807, 2.05) is 37.2 Å². The Bertz CT molecular complexity index is 927. The molecule has 0 radical (unpaired) electrons. The minimum absolute atomic E-state index is 0.0783. The van der Waals surface area contributed by atoms with Gasteiger partial charge in [-0.1, -0.05) is 31.1 Å². The fraction of sp³-hybridized carbons (Fsp3) is 0.519. The Morgan fingerprint density at radius 2 is 1.78 bits per heavy atom. The summed E-state index contributed by atoms with van der Waals surface area (Å²) in [6.07, 6.45) is 10.5. The Hall–Kier alpha value is -2.53. The van der Waals surface area contributed by atoms with Gasteiger partial charge in [0, 0.05) is 36.1 Å². The average molecular weight is 435 g/mol. The number of benzene rings is 1. The van der Waals surface area contributed by atoms with Crippen LogP contribution in [0, 0.1) is 32.6 Å². The van der Waals surface area contributed by atoms with Crippen LogP contribution in [0.1, 0.15) is 54.0 Å². The third kappa shape index (κ3) is 7.27. The Labute approximate surface area is 193 Å². The molecule has 2 unspecified atom stereocenters. The van der Waals surface area contributed by atoms with Gasteiger partial charge < -0.3 is 10.2 Å². The molecule has 1 saturated carbocycles. The van der Waals surface area contributed by atoms with E-state index in [0.29, 0.717) is 11.8 Å². The Morgan fingerprint density at radius 1 is 1.09 bits per heavy atom. The van der Waals surface area contributed by atoms with Gasteiger partial charge in [-0.25, -0.2) is 9.97 Å². The lowest BCUT2D eigenvalue weighted by atomic mass is 9.77. The fourth-order valence-corrected chi connectivity index (χ4v) is 4.63. The molecule has 1 amide bonds. The summed E-state index contributed by atoms with van der Waals surface area (Å²) < 4.78 is 0. The summed E-state index contributed by atoms with van der Waals surface area (Å²) in [5.41, 5.74) is 5.58. The zero-order chi connectivity index (χ0) is 23.1. The second kappa shape index (κ2) is 11.4. The summed E-state index contributed by atoms with van der Waals surface area (Å²) in [7, 11) is 3.97. The van der Waals surface area contributed by atoms with Gasteiger partial charge in [0.25, 0.3) is 0 Å². The number of amides is 1. The van der Waals surface area contributed by atoms with Crippen LogP contribution >= 0.6 is 0 Å². The molecule has 1 aliphatic carbocycles. The maximum atomic E-state index is 12.2. The largest absolute Gasteiger partial charge is 0.323 e. The van der Waals surface area contributed by atoms with E-state index < -0.39 is 0 Å². The molecule has 0 saturated heterocycles. The number of hydrogen-bond donors (Lipinski definition) is 1. The molecule has 1 heterocycles. The van der Waals surface area contributed by atoms with Gasteiger partial charge in [0.15, 0.2) is 0 Å². The van der Waals surface area contributed by atoms with E-state index in [1.54, 1.807) is 6.08 Å². The van der Waals surface area contributed by atoms with E-state index in [-0.39, 0.29) is 5.91 Å². The number of nitrogens with one attached hydrogen (secondary N) is 1. The van der Waals surface area contributed by atoms with Crippen LogP contribution in [-0.4, -0.2) is 41.4 Å². The van der Waals surface area contributed by atoms with Crippen LogP contribution in [-0.2, 0) is 17.6 Å². The van der Waals surface area contributed by atoms with E-state index in [4.69, 9.17) is 9.97 Å². The number of hydrogen-bond acceptors (Lipinski definition) is 4. The Balaban J connectivity index is 1.56. The standard InChI is InChI=1S/C27H38N4O/c1-19-20(2)28-26(29-21(19)3)18-24-10-6-9-22(16-24)15-23-11-7-12-25(17-23)30-27(32)13-8-14-31(4)5/h7-8,11-13,17,22,24H,6,9-10,14-16,18H2,1-5H3,(H,30,32)/b13-8+. The fourth-order valence-electron chi connectivity index (χ4n) is 4.63. The molecule has 2 atom stereocenters. The molecule has 1 aromatic heterocycles. The first-order valence-corrected chi connectivity index (χ1v) is 11.8. The van der Waals surface area contributed by atoms with Crippen molar-refractivity contribution in [3.8, 4) is 0 Å². The first kappa shape index (κ1) is 24.1. The molecule has 32 heavy (non-hydrogen) atoms. The normalized spacial score (nSPS) is 18.9. The molecular formula is C27H38N4O. The van der Waals surface area contributed by atoms with Gasteiger partial charge in [0.1, 0.15) is 5.82 Å². The second-order valence-electron chi connectivity index (χ2n) is 9.60. The van der Waals surface area contributed by atoms with Crippen molar-refractivity contribution in [2.24, 2.45) is 11.8 Å². The van der Waals surface area contributed by atoms with Gasteiger partial charge in [0.2, 0.25) is 5.91 Å². The first-order valence-electron chi connectivity index (χ1n) is 11.8. The minimum Gasteiger partial charge on any atom is -0.323 e. The highest BCUT2D eigenvalue weighted by atomic mass is 16.1. The molecular weight excluding hydrogens is 396 g/mol. The van der Waals surface area contributed by atoms with Crippen LogP contribution in [0.5, 0.6) is 0 Å². The third-order valence-electron chi connectivity index (χ3n) is 6.50. The zero-order valence-corrected chi connectivity index (χ0v) is 20.3. The highest BCUT2D eigenvalue weighted by molar-refractivity contribution is 5.99. The first-order chi connectivity index (χ1) is 15.3. The lowest BCUT2D eigenvalue weighted by Crippen LogP contribution is -2.20. The number of nitrogens with zero attached hydrogens (tertiary/aromatic N) is 3. The Morgan fingerprint density at radius 3 is 2.47 bits per heavy atom. The lowest BCUT2D eigenvalue weighted by Gasteiger charge is -2.29. The quantitative estimate of drug-likeness (QED) is 0.591. The zero-order valence-electron chi connectivity index (χ0n) is 20.3. The number of carbonyl (C=O) groups is 1. The third-order valence-corrected chi connectivity index (χ3v) is 6.50. The number of carbonyl (C=O) groups excluding carboxylic acids is 1. The van der Waals surface area contributed by atoms with Gasteiger partial charge >= 0.3 is 0 Å². The van der Waals surface area contributed by atoms with Crippen molar-refractivity contribution in [2.75, 3.05) is 26.0 Å². The van der Waals surface area contributed by atoms with E-state index in [9.17, 15) is 4.79 Å². The molecule has 2 aromatic rings. The molecule has 5 heteroatoms. The maximum absolute atomic E-state index is 12.2. The van der Waals surface area contributed by atoms with Gasteiger partial charge in [-0.2, -0.15) is 0 Å². The average Bonchev–Trinajstić information content (AvgIpc) is 2.72. The monoisotopic (exact) mass is 434 g/mol. The van der Waals surface area contributed by atoms with Crippen LogP contribution < -0.4 is 5.32 Å². The van der Waals surface area contributed by atoms with Crippen LogP contribution in [0.2, 0.25) is 0 Å². The van der Waals surface area contributed by atoms with Gasteiger partial charge in [-0.05, 0) is 89.2 Å². The molecule has 5 nitrogen and oxygen atoms in total. The van der Waals surface area contributed by atoms with Crippen molar-refractivity contribution < 1.29 is 4.79 Å². The van der Waals surface area contributed by atoms with Crippen molar-refractivity contribution in [2.45, 2.75) is 59.3 Å². The van der Waals surface area contributed by atoms with Crippen molar-refractivity contribution in [1.82, 2.24) is 14.9 Å². The predicted molar refractivity (Wildman–Crippen MR) is 132 cm³/mol. The highest BCUT2D eigenvalue weighted by Gasteiger charge is 2.23. The SMILES string of the molecule is Cc1nc(CC2CCCC(Cc3cccc(NC(=O)/C=C/CN(C)C)c3)C2)nc(C)c1C. The molecule has 1 N–H and O–H groups in total. The summed E-state index contributed by atoms with van der Waals surface area (Å²) in [4.78, 5) is 23.7. The summed E-state index contributed by atoms with van der Waals surface area (Å²) in [5, 5.41) is 2.99. The van der Waals surface area contributed by atoms with Crippen molar-refractivity contribution in [1.29, 1.82) is 0 Å². The lowest BCUT2D eigenvalue weighted by molar-refractivity contribution is -0.111. The number of anilines is 1.